The van der Waals surface area contributed by atoms with Gasteiger partial charge < -0.3 is 14.5 Å². The number of nitrogens with one attached hydrogen (secondary N) is 1. The number of halogens is 1. The molecule has 0 saturated carbocycles. The van der Waals surface area contributed by atoms with Crippen LogP contribution in [0, 0.1) is 0 Å². The molecule has 1 amide bonds. The highest BCUT2D eigenvalue weighted by molar-refractivity contribution is 7.89. The molecule has 1 fully saturated rings. The number of sulfonamides is 1. The number of nitrogens with zero attached hydrogens (tertiary/aromatic N) is 3. The van der Waals surface area contributed by atoms with Crippen LogP contribution in [0.5, 0.6) is 0 Å². The molecular formula is C19H23ClN4O4S. The first-order valence-corrected chi connectivity index (χ1v) is 11.0. The zero-order valence-corrected chi connectivity index (χ0v) is 17.6. The molecule has 2 aromatic rings. The molecule has 2 heterocycles. The number of ether oxygens (including phenoxy) is 1. The summed E-state index contributed by atoms with van der Waals surface area (Å²) in [6, 6.07) is 9.72. The molecule has 0 atom stereocenters. The van der Waals surface area contributed by atoms with E-state index in [0.29, 0.717) is 36.8 Å². The average molecular weight is 439 g/mol. The van der Waals surface area contributed by atoms with Crippen LogP contribution in [-0.4, -0.2) is 70.6 Å². The number of hydrogen-bond donors (Lipinski definition) is 1. The number of piperazine rings is 1. The summed E-state index contributed by atoms with van der Waals surface area (Å²) in [5, 5.41) is 0.578. The maximum Gasteiger partial charge on any atom is 0.254 e. The van der Waals surface area contributed by atoms with Crippen LogP contribution in [0.4, 0.5) is 5.82 Å². The highest BCUT2D eigenvalue weighted by Gasteiger charge is 2.24. The first kappa shape index (κ1) is 21.5. The minimum atomic E-state index is -3.70. The van der Waals surface area contributed by atoms with Gasteiger partial charge in [0.05, 0.1) is 16.5 Å². The molecule has 8 nitrogen and oxygen atoms in total. The molecule has 29 heavy (non-hydrogen) atoms. The van der Waals surface area contributed by atoms with Crippen molar-refractivity contribution in [2.75, 3.05) is 51.3 Å². The number of benzene rings is 1. The monoisotopic (exact) mass is 438 g/mol. The standard InChI is InChI=1S/C19H23ClN4O4S/c1-28-12-7-22-29(26,27)17-4-2-3-15(13-17)19(25)24-10-8-23(9-11-24)18-6-5-16(20)14-21-18/h2-6,13-14,22H,7-12H2,1H3. The number of rotatable bonds is 7. The molecule has 1 N–H and O–H groups in total. The van der Waals surface area contributed by atoms with Gasteiger partial charge in [-0.2, -0.15) is 0 Å². The van der Waals surface area contributed by atoms with Gasteiger partial charge in [0.1, 0.15) is 5.82 Å². The van der Waals surface area contributed by atoms with Crippen LogP contribution in [-0.2, 0) is 14.8 Å². The van der Waals surface area contributed by atoms with Crippen LogP contribution in [0.3, 0.4) is 0 Å². The predicted molar refractivity (Wildman–Crippen MR) is 111 cm³/mol. The van der Waals surface area contributed by atoms with Crippen molar-refractivity contribution in [3.05, 3.63) is 53.2 Å². The minimum absolute atomic E-state index is 0.0588. The normalized spacial score (nSPS) is 14.8. The van der Waals surface area contributed by atoms with E-state index in [0.717, 1.165) is 5.82 Å². The quantitative estimate of drug-likeness (QED) is 0.660. The van der Waals surface area contributed by atoms with Gasteiger partial charge in [0, 0.05) is 51.6 Å². The third kappa shape index (κ3) is 5.45. The molecule has 10 heteroatoms. The van der Waals surface area contributed by atoms with Crippen molar-refractivity contribution in [3.8, 4) is 0 Å². The van der Waals surface area contributed by atoms with Gasteiger partial charge in [-0.15, -0.1) is 0 Å². The number of aromatic nitrogens is 1. The zero-order valence-electron chi connectivity index (χ0n) is 16.0. The number of pyridine rings is 1. The number of anilines is 1. The van der Waals surface area contributed by atoms with Gasteiger partial charge in [-0.1, -0.05) is 17.7 Å². The van der Waals surface area contributed by atoms with Gasteiger partial charge in [-0.3, -0.25) is 4.79 Å². The van der Waals surface area contributed by atoms with E-state index < -0.39 is 10.0 Å². The zero-order chi connectivity index (χ0) is 20.9. The Labute approximate surface area is 175 Å². The summed E-state index contributed by atoms with van der Waals surface area (Å²) in [7, 11) is -2.20. The summed E-state index contributed by atoms with van der Waals surface area (Å²) in [5.74, 6) is 0.624. The number of hydrogen-bond acceptors (Lipinski definition) is 6. The fourth-order valence-electron chi connectivity index (χ4n) is 3.03. The van der Waals surface area contributed by atoms with Gasteiger partial charge in [0.15, 0.2) is 0 Å². The highest BCUT2D eigenvalue weighted by Crippen LogP contribution is 2.18. The van der Waals surface area contributed by atoms with Gasteiger partial charge >= 0.3 is 0 Å². The lowest BCUT2D eigenvalue weighted by Gasteiger charge is -2.35. The summed E-state index contributed by atoms with van der Waals surface area (Å²) >= 11 is 5.88. The van der Waals surface area contributed by atoms with E-state index in [9.17, 15) is 13.2 Å². The highest BCUT2D eigenvalue weighted by atomic mass is 35.5. The third-order valence-electron chi connectivity index (χ3n) is 4.59. The Morgan fingerprint density at radius 2 is 1.97 bits per heavy atom. The first-order chi connectivity index (χ1) is 13.9. The molecule has 0 unspecified atom stereocenters. The second-order valence-electron chi connectivity index (χ2n) is 6.53. The summed E-state index contributed by atoms with van der Waals surface area (Å²) in [5.41, 5.74) is 0.345. The Morgan fingerprint density at radius 3 is 2.62 bits per heavy atom. The van der Waals surface area contributed by atoms with Crippen molar-refractivity contribution >= 4 is 33.3 Å². The van der Waals surface area contributed by atoms with E-state index in [4.69, 9.17) is 16.3 Å². The number of methoxy groups -OCH3 is 1. The van der Waals surface area contributed by atoms with E-state index in [1.165, 1.54) is 19.2 Å². The summed E-state index contributed by atoms with van der Waals surface area (Å²) in [6.07, 6.45) is 1.60. The molecular weight excluding hydrogens is 416 g/mol. The van der Waals surface area contributed by atoms with E-state index in [2.05, 4.69) is 14.6 Å². The Hall–Kier alpha value is -2.20. The van der Waals surface area contributed by atoms with Crippen molar-refractivity contribution < 1.29 is 17.9 Å². The fraction of sp³-hybridized carbons (Fsp3) is 0.368. The Bertz CT molecular complexity index is 945. The molecule has 0 spiro atoms. The van der Waals surface area contributed by atoms with Crippen molar-refractivity contribution in [2.24, 2.45) is 0 Å². The van der Waals surface area contributed by atoms with Crippen molar-refractivity contribution in [1.29, 1.82) is 0 Å². The minimum Gasteiger partial charge on any atom is -0.383 e. The van der Waals surface area contributed by atoms with Crippen molar-refractivity contribution in [3.63, 3.8) is 0 Å². The lowest BCUT2D eigenvalue weighted by Crippen LogP contribution is -2.49. The molecule has 156 valence electrons. The lowest BCUT2D eigenvalue weighted by molar-refractivity contribution is 0.0746. The second-order valence-corrected chi connectivity index (χ2v) is 8.74. The third-order valence-corrected chi connectivity index (χ3v) is 6.27. The Morgan fingerprint density at radius 1 is 1.21 bits per heavy atom. The van der Waals surface area contributed by atoms with Crippen molar-refractivity contribution in [1.82, 2.24) is 14.6 Å². The van der Waals surface area contributed by atoms with Crippen LogP contribution in [0.2, 0.25) is 5.02 Å². The van der Waals surface area contributed by atoms with E-state index in [1.54, 1.807) is 29.3 Å². The molecule has 0 radical (unpaired) electrons. The molecule has 1 saturated heterocycles. The second kappa shape index (κ2) is 9.53. The molecule has 1 aromatic heterocycles. The van der Waals surface area contributed by atoms with E-state index in [-0.39, 0.29) is 24.0 Å². The largest absolute Gasteiger partial charge is 0.383 e. The van der Waals surface area contributed by atoms with Gasteiger partial charge in [-0.25, -0.2) is 18.1 Å². The lowest BCUT2D eigenvalue weighted by atomic mass is 10.2. The van der Waals surface area contributed by atoms with Crippen LogP contribution in [0.1, 0.15) is 10.4 Å². The molecule has 3 rings (SSSR count). The molecule has 1 aliphatic rings. The fourth-order valence-corrected chi connectivity index (χ4v) is 4.20. The van der Waals surface area contributed by atoms with E-state index in [1.807, 2.05) is 6.07 Å². The van der Waals surface area contributed by atoms with Gasteiger partial charge in [0.2, 0.25) is 10.0 Å². The molecule has 1 aromatic carbocycles. The maximum atomic E-state index is 12.9. The summed E-state index contributed by atoms with van der Waals surface area (Å²) < 4.78 is 32.0. The van der Waals surface area contributed by atoms with Crippen LogP contribution >= 0.6 is 11.6 Å². The predicted octanol–water partition coefficient (Wildman–Crippen LogP) is 1.62. The number of carbonyl (C=O) groups excluding carboxylic acids is 1. The van der Waals surface area contributed by atoms with E-state index >= 15 is 0 Å². The summed E-state index contributed by atoms with van der Waals surface area (Å²) in [4.78, 5) is 21.0. The number of amides is 1. The SMILES string of the molecule is COCCNS(=O)(=O)c1cccc(C(=O)N2CCN(c3ccc(Cl)cn3)CC2)c1. The molecule has 1 aliphatic heterocycles. The summed E-state index contributed by atoms with van der Waals surface area (Å²) in [6.45, 7) is 2.74. The van der Waals surface area contributed by atoms with Crippen LogP contribution in [0.15, 0.2) is 47.5 Å². The Kier molecular flexibility index (Phi) is 7.07. The number of carbonyl (C=O) groups is 1. The van der Waals surface area contributed by atoms with Crippen LogP contribution < -0.4 is 9.62 Å². The smallest absolute Gasteiger partial charge is 0.254 e. The topological polar surface area (TPSA) is 91.8 Å². The maximum absolute atomic E-state index is 12.9. The molecule has 0 aliphatic carbocycles. The van der Waals surface area contributed by atoms with Gasteiger partial charge in [0.25, 0.3) is 5.91 Å². The Balaban J connectivity index is 1.64. The van der Waals surface area contributed by atoms with Crippen LogP contribution in [0.25, 0.3) is 0 Å². The van der Waals surface area contributed by atoms with Gasteiger partial charge in [-0.05, 0) is 30.3 Å². The first-order valence-electron chi connectivity index (χ1n) is 9.15. The molecule has 0 bridgehead atoms. The van der Waals surface area contributed by atoms with Crippen molar-refractivity contribution in [2.45, 2.75) is 4.90 Å². The average Bonchev–Trinajstić information content (AvgIpc) is 2.74.